The Bertz CT molecular complexity index is 512. The number of carbonyl (C=O) groups excluding carboxylic acids is 1. The molecule has 0 N–H and O–H groups in total. The van der Waals surface area contributed by atoms with Crippen molar-refractivity contribution in [3.63, 3.8) is 0 Å². The van der Waals surface area contributed by atoms with Gasteiger partial charge in [0.05, 0.1) is 13.2 Å². The highest BCUT2D eigenvalue weighted by atomic mass is 19.1. The molecule has 0 aromatic heterocycles. The number of amides is 1. The monoisotopic (exact) mass is 278 g/mol. The van der Waals surface area contributed by atoms with Gasteiger partial charge in [0.25, 0.3) is 5.91 Å². The quantitative estimate of drug-likeness (QED) is 0.815. The Morgan fingerprint density at radius 3 is 2.65 bits per heavy atom. The van der Waals surface area contributed by atoms with Crippen LogP contribution in [0.1, 0.15) is 11.7 Å². The predicted molar refractivity (Wildman–Crippen MR) is 69.9 cm³/mol. The maximum absolute atomic E-state index is 13.0. The number of rotatable bonds is 2. The van der Waals surface area contributed by atoms with Crippen LogP contribution in [-0.4, -0.2) is 49.6 Å². The van der Waals surface area contributed by atoms with Crippen molar-refractivity contribution in [3.8, 4) is 0 Å². The van der Waals surface area contributed by atoms with Crippen molar-refractivity contribution in [3.05, 3.63) is 35.6 Å². The summed E-state index contributed by atoms with van der Waals surface area (Å²) in [5.74, 6) is -0.389. The normalized spacial score (nSPS) is 25.6. The molecule has 20 heavy (non-hydrogen) atoms. The molecule has 0 bridgehead atoms. The summed E-state index contributed by atoms with van der Waals surface area (Å²) in [7, 11) is 0. The van der Waals surface area contributed by atoms with Gasteiger partial charge in [0.15, 0.2) is 18.5 Å². The highest BCUT2D eigenvalue weighted by Crippen LogP contribution is 2.28. The van der Waals surface area contributed by atoms with Crippen molar-refractivity contribution in [2.45, 2.75) is 12.1 Å². The lowest BCUT2D eigenvalue weighted by molar-refractivity contribution is -0.138. The Morgan fingerprint density at radius 2 is 1.95 bits per heavy atom. The first-order valence-corrected chi connectivity index (χ1v) is 6.55. The van der Waals surface area contributed by atoms with E-state index in [9.17, 15) is 9.18 Å². The van der Waals surface area contributed by atoms with E-state index in [2.05, 4.69) is 4.99 Å². The van der Waals surface area contributed by atoms with Crippen molar-refractivity contribution in [2.75, 3.05) is 26.3 Å². The zero-order valence-corrected chi connectivity index (χ0v) is 10.9. The van der Waals surface area contributed by atoms with Crippen LogP contribution in [0.3, 0.4) is 0 Å². The first-order chi connectivity index (χ1) is 9.75. The molecule has 106 valence electrons. The minimum absolute atomic E-state index is 0.0728. The molecule has 1 saturated heterocycles. The van der Waals surface area contributed by atoms with Crippen LogP contribution in [0.15, 0.2) is 29.3 Å². The molecule has 1 fully saturated rings. The molecule has 2 aliphatic heterocycles. The Balaban J connectivity index is 1.75. The summed E-state index contributed by atoms with van der Waals surface area (Å²) >= 11 is 0. The number of benzene rings is 1. The lowest BCUT2D eigenvalue weighted by Crippen LogP contribution is -2.46. The molecule has 0 spiro atoms. The summed E-state index contributed by atoms with van der Waals surface area (Å²) in [4.78, 5) is 18.3. The average molecular weight is 278 g/mol. The second-order valence-corrected chi connectivity index (χ2v) is 4.75. The van der Waals surface area contributed by atoms with Gasteiger partial charge in [-0.2, -0.15) is 0 Å². The minimum Gasteiger partial charge on any atom is -0.473 e. The molecule has 0 unspecified atom stereocenters. The summed E-state index contributed by atoms with van der Waals surface area (Å²) in [6, 6.07) is 5.35. The van der Waals surface area contributed by atoms with Crippen LogP contribution in [0.4, 0.5) is 4.39 Å². The second kappa shape index (κ2) is 5.58. The molecular formula is C14H15FN2O3. The predicted octanol–water partition coefficient (Wildman–Crippen LogP) is 1.15. The fraction of sp³-hybridized carbons (Fsp3) is 0.429. The Kier molecular flexibility index (Phi) is 3.64. The third-order valence-electron chi connectivity index (χ3n) is 3.49. The van der Waals surface area contributed by atoms with Crippen LogP contribution in [0.5, 0.6) is 0 Å². The third kappa shape index (κ3) is 2.51. The maximum atomic E-state index is 13.0. The smallest absolute Gasteiger partial charge is 0.251 e. The highest BCUT2D eigenvalue weighted by Gasteiger charge is 2.37. The number of carbonyl (C=O) groups is 1. The van der Waals surface area contributed by atoms with Crippen LogP contribution in [0.25, 0.3) is 0 Å². The van der Waals surface area contributed by atoms with Crippen molar-refractivity contribution in [2.24, 2.45) is 4.99 Å². The number of nitrogens with zero attached hydrogens (tertiary/aromatic N) is 2. The fourth-order valence-electron chi connectivity index (χ4n) is 2.40. The molecule has 0 radical (unpaired) electrons. The van der Waals surface area contributed by atoms with Crippen molar-refractivity contribution < 1.29 is 18.7 Å². The van der Waals surface area contributed by atoms with Gasteiger partial charge in [-0.3, -0.25) is 4.79 Å². The number of halogens is 1. The van der Waals surface area contributed by atoms with Crippen LogP contribution >= 0.6 is 0 Å². The SMILES string of the molecule is O=C([C@H]1N=CO[C@@H]1c1ccc(F)cc1)N1CCOCC1. The van der Waals surface area contributed by atoms with Gasteiger partial charge in [-0.25, -0.2) is 9.38 Å². The Morgan fingerprint density at radius 1 is 1.25 bits per heavy atom. The van der Waals surface area contributed by atoms with Gasteiger partial charge in [-0.1, -0.05) is 12.1 Å². The first-order valence-electron chi connectivity index (χ1n) is 6.55. The molecule has 2 heterocycles. The largest absolute Gasteiger partial charge is 0.473 e. The van der Waals surface area contributed by atoms with Gasteiger partial charge in [-0.15, -0.1) is 0 Å². The van der Waals surface area contributed by atoms with E-state index in [4.69, 9.17) is 9.47 Å². The highest BCUT2D eigenvalue weighted by molar-refractivity contribution is 5.85. The molecule has 3 rings (SSSR count). The Hall–Kier alpha value is -1.95. The van der Waals surface area contributed by atoms with Gasteiger partial charge in [0.2, 0.25) is 0 Å². The lowest BCUT2D eigenvalue weighted by atomic mass is 10.0. The van der Waals surface area contributed by atoms with Gasteiger partial charge in [0, 0.05) is 13.1 Å². The maximum Gasteiger partial charge on any atom is 0.251 e. The van der Waals surface area contributed by atoms with E-state index < -0.39 is 12.1 Å². The molecule has 6 heteroatoms. The molecule has 2 aliphatic rings. The standard InChI is InChI=1S/C14H15FN2O3/c15-11-3-1-10(2-4-11)13-12(16-9-20-13)14(18)17-5-7-19-8-6-17/h1-4,9,12-13H,5-8H2/t12-,13+/m0/s1. The zero-order chi connectivity index (χ0) is 13.9. The van der Waals surface area contributed by atoms with E-state index in [0.29, 0.717) is 26.3 Å². The third-order valence-corrected chi connectivity index (χ3v) is 3.49. The minimum atomic E-state index is -0.599. The van der Waals surface area contributed by atoms with Crippen LogP contribution in [-0.2, 0) is 14.3 Å². The average Bonchev–Trinajstić information content (AvgIpc) is 2.97. The number of ether oxygens (including phenoxy) is 2. The number of hydrogen-bond donors (Lipinski definition) is 0. The Labute approximate surface area is 116 Å². The van der Waals surface area contributed by atoms with Crippen molar-refractivity contribution in [1.29, 1.82) is 0 Å². The molecule has 0 saturated carbocycles. The molecule has 1 aromatic rings. The number of hydrogen-bond acceptors (Lipinski definition) is 4. The van der Waals surface area contributed by atoms with Crippen LogP contribution in [0, 0.1) is 5.82 Å². The molecule has 5 nitrogen and oxygen atoms in total. The summed E-state index contributed by atoms with van der Waals surface area (Å²) in [6.45, 7) is 2.23. The summed E-state index contributed by atoms with van der Waals surface area (Å²) in [6.07, 6.45) is 0.822. The van der Waals surface area contributed by atoms with E-state index in [1.165, 1.54) is 18.5 Å². The molecule has 0 aliphatic carbocycles. The van der Waals surface area contributed by atoms with E-state index in [0.717, 1.165) is 5.56 Å². The molecule has 2 atom stereocenters. The number of morpholine rings is 1. The van der Waals surface area contributed by atoms with E-state index in [-0.39, 0.29) is 11.7 Å². The van der Waals surface area contributed by atoms with Gasteiger partial charge < -0.3 is 14.4 Å². The van der Waals surface area contributed by atoms with E-state index in [1.54, 1.807) is 17.0 Å². The summed E-state index contributed by atoms with van der Waals surface area (Å²) in [5.41, 5.74) is 0.746. The summed E-state index contributed by atoms with van der Waals surface area (Å²) < 4.78 is 23.6. The van der Waals surface area contributed by atoms with Crippen molar-refractivity contribution >= 4 is 12.3 Å². The van der Waals surface area contributed by atoms with Gasteiger partial charge in [-0.05, 0) is 17.7 Å². The molecular weight excluding hydrogens is 263 g/mol. The van der Waals surface area contributed by atoms with Crippen LogP contribution in [0.2, 0.25) is 0 Å². The zero-order valence-electron chi connectivity index (χ0n) is 10.9. The van der Waals surface area contributed by atoms with E-state index >= 15 is 0 Å². The fourth-order valence-corrected chi connectivity index (χ4v) is 2.40. The second-order valence-electron chi connectivity index (χ2n) is 4.75. The number of aliphatic imine (C=N–C) groups is 1. The van der Waals surface area contributed by atoms with Crippen LogP contribution < -0.4 is 0 Å². The van der Waals surface area contributed by atoms with E-state index in [1.807, 2.05) is 0 Å². The molecule has 1 aromatic carbocycles. The lowest BCUT2D eigenvalue weighted by Gasteiger charge is -2.29. The topological polar surface area (TPSA) is 51.1 Å². The summed E-state index contributed by atoms with van der Waals surface area (Å²) in [5, 5.41) is 0. The molecule has 1 amide bonds. The van der Waals surface area contributed by atoms with Crippen molar-refractivity contribution in [1.82, 2.24) is 4.90 Å². The van der Waals surface area contributed by atoms with Gasteiger partial charge >= 0.3 is 0 Å². The van der Waals surface area contributed by atoms with Gasteiger partial charge in [0.1, 0.15) is 5.82 Å². The first kappa shape index (κ1) is 13.1.